The van der Waals surface area contributed by atoms with Crippen molar-refractivity contribution >= 4 is 15.8 Å². The maximum atomic E-state index is 13.6. The molecule has 5 fully saturated rings. The third-order valence-corrected chi connectivity index (χ3v) is 13.1. The molecule has 0 unspecified atom stereocenters. The summed E-state index contributed by atoms with van der Waals surface area (Å²) >= 11 is 0. The van der Waals surface area contributed by atoms with Crippen molar-refractivity contribution in [2.45, 2.75) is 77.2 Å². The SMILES string of the molecule is COC[C@@]1(O)CC[C@@]2(C)[C@H](CC[C@@H]3[C@@H]2CC[C@]2(C)[C@@H](C(=O)CN4CCN(S(C)(=O)=O)CC4)CC[C@@H]32)C1. The number of hydrogen-bond donors (Lipinski definition) is 1. The highest BCUT2D eigenvalue weighted by atomic mass is 32.2. The van der Waals surface area contributed by atoms with Crippen molar-refractivity contribution < 1.29 is 23.1 Å². The molecule has 0 spiro atoms. The Labute approximate surface area is 218 Å². The second kappa shape index (κ2) is 9.58. The normalized spacial score (nSPS) is 46.1. The summed E-state index contributed by atoms with van der Waals surface area (Å²) in [6.07, 6.45) is 11.0. The molecule has 8 heteroatoms. The lowest BCUT2D eigenvalue weighted by atomic mass is 9.44. The number of aliphatic hydroxyl groups is 1. The van der Waals surface area contributed by atoms with Crippen molar-refractivity contribution in [2.24, 2.45) is 40.4 Å². The monoisotopic (exact) mass is 524 g/mol. The molecule has 0 bridgehead atoms. The Bertz CT molecular complexity index is 950. The molecule has 7 nitrogen and oxygen atoms in total. The van der Waals surface area contributed by atoms with Crippen LogP contribution in [0.4, 0.5) is 0 Å². The Morgan fingerprint density at radius 1 is 0.944 bits per heavy atom. The van der Waals surface area contributed by atoms with E-state index in [1.54, 1.807) is 7.11 Å². The summed E-state index contributed by atoms with van der Waals surface area (Å²) in [6.45, 7) is 8.10. The number of carbonyl (C=O) groups excluding carboxylic acids is 1. The quantitative estimate of drug-likeness (QED) is 0.574. The second-order valence-electron chi connectivity index (χ2n) is 13.6. The molecule has 0 aromatic heterocycles. The second-order valence-corrected chi connectivity index (χ2v) is 15.6. The van der Waals surface area contributed by atoms with Crippen LogP contribution in [-0.4, -0.2) is 86.8 Å². The minimum atomic E-state index is -3.15. The molecule has 206 valence electrons. The molecule has 36 heavy (non-hydrogen) atoms. The number of nitrogens with zero attached hydrogens (tertiary/aromatic N) is 2. The Morgan fingerprint density at radius 2 is 1.64 bits per heavy atom. The number of Topliss-reactive ketones (excluding diaryl/α,β-unsaturated/α-hetero) is 1. The summed E-state index contributed by atoms with van der Waals surface area (Å²) in [7, 11) is -1.46. The zero-order valence-electron chi connectivity index (χ0n) is 22.9. The van der Waals surface area contributed by atoms with Crippen molar-refractivity contribution in [1.29, 1.82) is 0 Å². The molecule has 4 saturated carbocycles. The highest BCUT2D eigenvalue weighted by Gasteiger charge is 2.62. The van der Waals surface area contributed by atoms with Gasteiger partial charge in [-0.15, -0.1) is 0 Å². The Kier molecular flexibility index (Phi) is 7.20. The zero-order chi connectivity index (χ0) is 25.9. The average molecular weight is 525 g/mol. The molecule has 0 amide bonds. The van der Waals surface area contributed by atoms with Crippen LogP contribution in [0.15, 0.2) is 0 Å². The summed E-state index contributed by atoms with van der Waals surface area (Å²) in [6, 6.07) is 0. The van der Waals surface area contributed by atoms with Crippen LogP contribution in [0.2, 0.25) is 0 Å². The molecular weight excluding hydrogens is 476 g/mol. The first kappa shape index (κ1) is 27.0. The van der Waals surface area contributed by atoms with Crippen LogP contribution < -0.4 is 0 Å². The van der Waals surface area contributed by atoms with E-state index in [9.17, 15) is 18.3 Å². The van der Waals surface area contributed by atoms with Crippen LogP contribution in [0.5, 0.6) is 0 Å². The van der Waals surface area contributed by atoms with E-state index >= 15 is 0 Å². The molecule has 0 radical (unpaired) electrons. The molecular formula is C28H48N2O5S. The van der Waals surface area contributed by atoms with Gasteiger partial charge in [-0.3, -0.25) is 9.69 Å². The molecule has 1 saturated heterocycles. The highest BCUT2D eigenvalue weighted by Crippen LogP contribution is 2.68. The summed E-state index contributed by atoms with van der Waals surface area (Å²) < 4.78 is 30.6. The topological polar surface area (TPSA) is 87.2 Å². The van der Waals surface area contributed by atoms with Crippen LogP contribution >= 0.6 is 0 Å². The van der Waals surface area contributed by atoms with Gasteiger partial charge < -0.3 is 9.84 Å². The minimum Gasteiger partial charge on any atom is -0.387 e. The molecule has 1 heterocycles. The standard InChI is InChI=1S/C28H48N2O5S/c1-26-11-12-28(32,19-35-3)17-20(26)5-6-21-22-7-8-24(27(22,2)10-9-23(21)26)25(31)18-29-13-15-30(16-14-29)36(4,33)34/h20-24,32H,5-19H2,1-4H3/t20-,21+,22+,23+,24-,26+,27+,28-/m1/s1. The Balaban J connectivity index is 1.24. The van der Waals surface area contributed by atoms with Gasteiger partial charge in [-0.05, 0) is 92.3 Å². The van der Waals surface area contributed by atoms with Crippen LogP contribution in [0.1, 0.15) is 71.6 Å². The molecule has 5 aliphatic rings. The Hall–Kier alpha value is -0.540. The number of ether oxygens (including phenoxy) is 1. The van der Waals surface area contributed by atoms with Crippen molar-refractivity contribution in [3.05, 3.63) is 0 Å². The molecule has 4 aliphatic carbocycles. The van der Waals surface area contributed by atoms with E-state index < -0.39 is 15.6 Å². The first-order valence-corrected chi connectivity index (χ1v) is 16.2. The van der Waals surface area contributed by atoms with Gasteiger partial charge >= 0.3 is 0 Å². The number of carbonyl (C=O) groups is 1. The van der Waals surface area contributed by atoms with Crippen LogP contribution in [-0.2, 0) is 19.6 Å². The van der Waals surface area contributed by atoms with Gasteiger partial charge in [0, 0.05) is 39.2 Å². The number of sulfonamides is 1. The van der Waals surface area contributed by atoms with Crippen LogP contribution in [0.25, 0.3) is 0 Å². The molecule has 0 aromatic carbocycles. The minimum absolute atomic E-state index is 0.0987. The van der Waals surface area contributed by atoms with Crippen LogP contribution in [0, 0.1) is 40.4 Å². The third kappa shape index (κ3) is 4.61. The summed E-state index contributed by atoms with van der Waals surface area (Å²) in [5.74, 6) is 3.13. The number of methoxy groups -OCH3 is 1. The first-order chi connectivity index (χ1) is 16.9. The molecule has 1 N–H and O–H groups in total. The van der Waals surface area contributed by atoms with Gasteiger partial charge in [-0.1, -0.05) is 13.8 Å². The summed E-state index contributed by atoms with van der Waals surface area (Å²) in [5, 5.41) is 11.1. The smallest absolute Gasteiger partial charge is 0.211 e. The van der Waals surface area contributed by atoms with E-state index in [4.69, 9.17) is 4.74 Å². The summed E-state index contributed by atoms with van der Waals surface area (Å²) in [4.78, 5) is 15.8. The van der Waals surface area contributed by atoms with E-state index in [1.807, 2.05) is 0 Å². The number of fused-ring (bicyclic) bond motifs is 5. The van der Waals surface area contributed by atoms with E-state index in [1.165, 1.54) is 36.2 Å². The number of piperazine rings is 1. The number of ketones is 1. The largest absolute Gasteiger partial charge is 0.387 e. The van der Waals surface area contributed by atoms with Gasteiger partial charge in [-0.25, -0.2) is 8.42 Å². The van der Waals surface area contributed by atoms with Gasteiger partial charge in [0.25, 0.3) is 0 Å². The first-order valence-electron chi connectivity index (χ1n) is 14.3. The molecule has 5 rings (SSSR count). The maximum Gasteiger partial charge on any atom is 0.211 e. The van der Waals surface area contributed by atoms with Crippen molar-refractivity contribution in [3.63, 3.8) is 0 Å². The highest BCUT2D eigenvalue weighted by molar-refractivity contribution is 7.88. The van der Waals surface area contributed by atoms with Crippen LogP contribution in [0.3, 0.4) is 0 Å². The van der Waals surface area contributed by atoms with Gasteiger partial charge in [0.1, 0.15) is 5.78 Å². The van der Waals surface area contributed by atoms with E-state index in [0.717, 1.165) is 32.1 Å². The van der Waals surface area contributed by atoms with Crippen molar-refractivity contribution in [1.82, 2.24) is 9.21 Å². The average Bonchev–Trinajstić information content (AvgIpc) is 3.17. The molecule has 1 aliphatic heterocycles. The fraction of sp³-hybridized carbons (Fsp3) is 0.964. The van der Waals surface area contributed by atoms with Gasteiger partial charge in [0.2, 0.25) is 10.0 Å². The molecule has 0 aromatic rings. The van der Waals surface area contributed by atoms with E-state index in [2.05, 4.69) is 18.7 Å². The fourth-order valence-corrected chi connectivity index (χ4v) is 10.6. The molecule has 8 atom stereocenters. The van der Waals surface area contributed by atoms with Gasteiger partial charge in [-0.2, -0.15) is 4.31 Å². The number of rotatable bonds is 6. The fourth-order valence-electron chi connectivity index (χ4n) is 9.80. The Morgan fingerprint density at radius 3 is 2.31 bits per heavy atom. The lowest BCUT2D eigenvalue weighted by Crippen LogP contribution is -2.57. The zero-order valence-corrected chi connectivity index (χ0v) is 23.7. The van der Waals surface area contributed by atoms with E-state index in [-0.39, 0.29) is 11.3 Å². The third-order valence-electron chi connectivity index (χ3n) is 11.8. The maximum absolute atomic E-state index is 13.6. The predicted octanol–water partition coefficient (Wildman–Crippen LogP) is 3.17. The van der Waals surface area contributed by atoms with Gasteiger partial charge in [0.15, 0.2) is 0 Å². The van der Waals surface area contributed by atoms with E-state index in [0.29, 0.717) is 74.2 Å². The summed E-state index contributed by atoms with van der Waals surface area (Å²) in [5.41, 5.74) is -0.264. The lowest BCUT2D eigenvalue weighted by molar-refractivity contribution is -0.164. The van der Waals surface area contributed by atoms with Crippen molar-refractivity contribution in [3.8, 4) is 0 Å². The predicted molar refractivity (Wildman–Crippen MR) is 140 cm³/mol. The van der Waals surface area contributed by atoms with Crippen molar-refractivity contribution in [2.75, 3.05) is 52.7 Å². The number of hydrogen-bond acceptors (Lipinski definition) is 6. The lowest BCUT2D eigenvalue weighted by Gasteiger charge is -2.62. The van der Waals surface area contributed by atoms with Gasteiger partial charge in [0.05, 0.1) is 25.0 Å².